The summed E-state index contributed by atoms with van der Waals surface area (Å²) in [4.78, 5) is 28.3. The molecule has 0 aliphatic carbocycles. The summed E-state index contributed by atoms with van der Waals surface area (Å²) in [7, 11) is 0. The lowest BCUT2D eigenvalue weighted by atomic mass is 9.91. The largest absolute Gasteiger partial charge is 0.459 e. The SMILES string of the molecule is CCC1CCN(CC(=O)c2ccccc2)C[C@H]1OC(=O)C(Nc1ccccc1)c1ccccc1. The van der Waals surface area contributed by atoms with Gasteiger partial charge in [-0.2, -0.15) is 0 Å². The molecular formula is C29H32N2O3. The van der Waals surface area contributed by atoms with Crippen LogP contribution in [0.5, 0.6) is 0 Å². The number of carbonyl (C=O) groups is 2. The van der Waals surface area contributed by atoms with Crippen molar-refractivity contribution >= 4 is 17.4 Å². The molecule has 0 amide bonds. The van der Waals surface area contributed by atoms with E-state index in [4.69, 9.17) is 4.74 Å². The number of para-hydroxylation sites is 1. The van der Waals surface area contributed by atoms with Crippen molar-refractivity contribution < 1.29 is 14.3 Å². The van der Waals surface area contributed by atoms with Crippen molar-refractivity contribution in [3.05, 3.63) is 102 Å². The summed E-state index contributed by atoms with van der Waals surface area (Å²) in [6.45, 7) is 3.86. The van der Waals surface area contributed by atoms with E-state index in [1.807, 2.05) is 91.0 Å². The summed E-state index contributed by atoms with van der Waals surface area (Å²) in [5.41, 5.74) is 2.43. The van der Waals surface area contributed by atoms with Crippen molar-refractivity contribution in [1.82, 2.24) is 4.90 Å². The van der Waals surface area contributed by atoms with E-state index < -0.39 is 6.04 Å². The van der Waals surface area contributed by atoms with Crippen LogP contribution in [0.4, 0.5) is 5.69 Å². The first-order chi connectivity index (χ1) is 16.6. The summed E-state index contributed by atoms with van der Waals surface area (Å²) >= 11 is 0. The number of nitrogens with one attached hydrogen (secondary N) is 1. The number of nitrogens with zero attached hydrogens (tertiary/aromatic N) is 1. The quantitative estimate of drug-likeness (QED) is 0.347. The molecule has 4 rings (SSSR count). The molecule has 3 aromatic carbocycles. The summed E-state index contributed by atoms with van der Waals surface area (Å²) in [5.74, 6) is 0.0726. The Kier molecular flexibility index (Phi) is 8.10. The zero-order valence-electron chi connectivity index (χ0n) is 19.6. The van der Waals surface area contributed by atoms with Crippen molar-refractivity contribution in [3.63, 3.8) is 0 Å². The average Bonchev–Trinajstić information content (AvgIpc) is 2.89. The number of likely N-dealkylation sites (tertiary alicyclic amines) is 1. The molecule has 0 saturated carbocycles. The molecule has 1 saturated heterocycles. The third kappa shape index (κ3) is 6.12. The molecule has 3 aromatic rings. The van der Waals surface area contributed by atoms with Crippen LogP contribution in [0.3, 0.4) is 0 Å². The van der Waals surface area contributed by atoms with Gasteiger partial charge in [0.05, 0.1) is 6.54 Å². The standard InChI is InChI=1S/C29H32N2O3/c1-2-22-18-19-31(20-26(32)23-12-6-3-7-13-23)21-27(22)34-29(33)28(24-14-8-4-9-15-24)30-25-16-10-5-11-17-25/h3-17,22,27-28,30H,2,18-21H2,1H3/t22?,27-,28?/m1/s1. The Hall–Kier alpha value is -3.44. The molecule has 176 valence electrons. The van der Waals surface area contributed by atoms with E-state index in [1.54, 1.807) is 0 Å². The highest BCUT2D eigenvalue weighted by atomic mass is 16.5. The van der Waals surface area contributed by atoms with Gasteiger partial charge in [-0.05, 0) is 43.0 Å². The van der Waals surface area contributed by atoms with Gasteiger partial charge in [0.1, 0.15) is 6.10 Å². The molecule has 0 aromatic heterocycles. The number of hydrogen-bond acceptors (Lipinski definition) is 5. The minimum Gasteiger partial charge on any atom is -0.459 e. The minimum atomic E-state index is -0.609. The van der Waals surface area contributed by atoms with Crippen LogP contribution in [0, 0.1) is 5.92 Å². The van der Waals surface area contributed by atoms with Gasteiger partial charge in [-0.1, -0.05) is 85.8 Å². The number of hydrogen-bond donors (Lipinski definition) is 1. The number of piperidine rings is 1. The van der Waals surface area contributed by atoms with E-state index in [1.165, 1.54) is 0 Å². The molecule has 34 heavy (non-hydrogen) atoms. The van der Waals surface area contributed by atoms with Gasteiger partial charge < -0.3 is 10.1 Å². The van der Waals surface area contributed by atoms with E-state index in [0.717, 1.165) is 30.6 Å². The molecule has 5 nitrogen and oxygen atoms in total. The lowest BCUT2D eigenvalue weighted by Gasteiger charge is -2.38. The molecule has 1 N–H and O–H groups in total. The van der Waals surface area contributed by atoms with Gasteiger partial charge in [0.15, 0.2) is 11.8 Å². The van der Waals surface area contributed by atoms with Gasteiger partial charge in [-0.3, -0.25) is 9.69 Å². The predicted octanol–water partition coefficient (Wildman–Crippen LogP) is 5.37. The summed E-state index contributed by atoms with van der Waals surface area (Å²) in [6, 6.07) is 28.1. The highest BCUT2D eigenvalue weighted by Crippen LogP contribution is 2.27. The van der Waals surface area contributed by atoms with E-state index in [0.29, 0.717) is 18.7 Å². The highest BCUT2D eigenvalue weighted by Gasteiger charge is 2.34. The summed E-state index contributed by atoms with van der Waals surface area (Å²) in [5, 5.41) is 3.34. The Bertz CT molecular complexity index is 1060. The number of ether oxygens (including phenoxy) is 1. The van der Waals surface area contributed by atoms with Crippen molar-refractivity contribution in [1.29, 1.82) is 0 Å². The van der Waals surface area contributed by atoms with Crippen LogP contribution >= 0.6 is 0 Å². The Morgan fingerprint density at radius 3 is 2.21 bits per heavy atom. The van der Waals surface area contributed by atoms with Gasteiger partial charge in [0.2, 0.25) is 0 Å². The molecule has 1 aliphatic rings. The predicted molar refractivity (Wildman–Crippen MR) is 135 cm³/mol. The smallest absolute Gasteiger partial charge is 0.333 e. The number of benzene rings is 3. The average molecular weight is 457 g/mol. The Labute approximate surface area is 201 Å². The molecule has 1 fully saturated rings. The van der Waals surface area contributed by atoms with Gasteiger partial charge in [-0.25, -0.2) is 4.79 Å². The zero-order chi connectivity index (χ0) is 23.8. The lowest BCUT2D eigenvalue weighted by molar-refractivity contribution is -0.156. The van der Waals surface area contributed by atoms with E-state index >= 15 is 0 Å². The molecule has 0 bridgehead atoms. The Balaban J connectivity index is 1.46. The topological polar surface area (TPSA) is 58.6 Å². The van der Waals surface area contributed by atoms with Crippen molar-refractivity contribution in [3.8, 4) is 0 Å². The third-order valence-corrected chi connectivity index (χ3v) is 6.49. The normalized spacial score (nSPS) is 19.2. The minimum absolute atomic E-state index is 0.0912. The summed E-state index contributed by atoms with van der Waals surface area (Å²) in [6.07, 6.45) is 1.58. The maximum atomic E-state index is 13.5. The molecule has 1 aliphatic heterocycles. The number of ketones is 1. The first kappa shape index (κ1) is 23.7. The fraction of sp³-hybridized carbons (Fsp3) is 0.310. The van der Waals surface area contributed by atoms with Crippen LogP contribution in [-0.2, 0) is 9.53 Å². The second-order valence-electron chi connectivity index (χ2n) is 8.81. The Morgan fingerprint density at radius 2 is 1.56 bits per heavy atom. The number of carbonyl (C=O) groups excluding carboxylic acids is 2. The van der Waals surface area contributed by atoms with Gasteiger partial charge in [0.25, 0.3) is 0 Å². The first-order valence-electron chi connectivity index (χ1n) is 12.0. The third-order valence-electron chi connectivity index (χ3n) is 6.49. The maximum Gasteiger partial charge on any atom is 0.333 e. The second-order valence-corrected chi connectivity index (χ2v) is 8.81. The zero-order valence-corrected chi connectivity index (χ0v) is 19.6. The molecule has 3 atom stereocenters. The molecule has 5 heteroatoms. The van der Waals surface area contributed by atoms with E-state index in [2.05, 4.69) is 17.1 Å². The molecule has 1 heterocycles. The fourth-order valence-electron chi connectivity index (χ4n) is 4.53. The molecule has 0 radical (unpaired) electrons. The molecular weight excluding hydrogens is 424 g/mol. The molecule has 2 unspecified atom stereocenters. The van der Waals surface area contributed by atoms with Crippen molar-refractivity contribution in [2.75, 3.05) is 25.0 Å². The van der Waals surface area contributed by atoms with E-state index in [-0.39, 0.29) is 23.8 Å². The fourth-order valence-corrected chi connectivity index (χ4v) is 4.53. The Morgan fingerprint density at radius 1 is 0.941 bits per heavy atom. The second kappa shape index (κ2) is 11.6. The monoisotopic (exact) mass is 456 g/mol. The number of esters is 1. The first-order valence-corrected chi connectivity index (χ1v) is 12.0. The van der Waals surface area contributed by atoms with Crippen LogP contribution in [0.1, 0.15) is 41.7 Å². The van der Waals surface area contributed by atoms with Crippen LogP contribution in [0.25, 0.3) is 0 Å². The molecule has 0 spiro atoms. The van der Waals surface area contributed by atoms with Gasteiger partial charge in [0, 0.05) is 17.8 Å². The lowest BCUT2D eigenvalue weighted by Crippen LogP contribution is -2.48. The van der Waals surface area contributed by atoms with Crippen LogP contribution in [-0.4, -0.2) is 42.4 Å². The number of Topliss-reactive ketones (excluding diaryl/α,β-unsaturated/α-hetero) is 1. The van der Waals surface area contributed by atoms with Crippen molar-refractivity contribution in [2.45, 2.75) is 31.9 Å². The summed E-state index contributed by atoms with van der Waals surface area (Å²) < 4.78 is 6.15. The van der Waals surface area contributed by atoms with Crippen molar-refractivity contribution in [2.24, 2.45) is 5.92 Å². The highest BCUT2D eigenvalue weighted by molar-refractivity contribution is 5.97. The van der Waals surface area contributed by atoms with Gasteiger partial charge >= 0.3 is 5.97 Å². The van der Waals surface area contributed by atoms with Crippen LogP contribution < -0.4 is 5.32 Å². The number of anilines is 1. The van der Waals surface area contributed by atoms with Crippen LogP contribution in [0.15, 0.2) is 91.0 Å². The van der Waals surface area contributed by atoms with Gasteiger partial charge in [-0.15, -0.1) is 0 Å². The van der Waals surface area contributed by atoms with Crippen LogP contribution in [0.2, 0.25) is 0 Å². The number of rotatable bonds is 9. The maximum absolute atomic E-state index is 13.5. The van der Waals surface area contributed by atoms with E-state index in [9.17, 15) is 9.59 Å².